The van der Waals surface area contributed by atoms with Crippen LogP contribution >= 0.6 is 0 Å². The van der Waals surface area contributed by atoms with E-state index in [4.69, 9.17) is 14.2 Å². The number of hydrogen-bond donors (Lipinski definition) is 1. The van der Waals surface area contributed by atoms with E-state index in [0.29, 0.717) is 19.3 Å². The van der Waals surface area contributed by atoms with Gasteiger partial charge < -0.3 is 23.8 Å². The molecule has 0 saturated heterocycles. The minimum atomic E-state index is -0.896. The summed E-state index contributed by atoms with van der Waals surface area (Å²) in [5, 5.41) is 9.62. The van der Waals surface area contributed by atoms with Crippen LogP contribution in [0.25, 0.3) is 0 Å². The summed E-state index contributed by atoms with van der Waals surface area (Å²) >= 11 is 0. The third kappa shape index (κ3) is 39.0. The first kappa shape index (κ1) is 55.5. The first-order chi connectivity index (χ1) is 29.1. The summed E-state index contributed by atoms with van der Waals surface area (Å²) in [5.41, 5.74) is 0. The zero-order valence-electron chi connectivity index (χ0n) is 37.8. The molecule has 0 aromatic rings. The summed E-state index contributed by atoms with van der Waals surface area (Å²) in [6.07, 6.45) is 59.3. The molecule has 8 nitrogen and oxygen atoms in total. The molecular formula is C52H80NO7+. The molecular weight excluding hydrogens is 751 g/mol. The van der Waals surface area contributed by atoms with Crippen molar-refractivity contribution in [3.8, 4) is 0 Å². The number of allylic oxidation sites excluding steroid dienone is 22. The fourth-order valence-electron chi connectivity index (χ4n) is 5.52. The number of quaternary nitrogens is 1. The molecule has 0 amide bonds. The van der Waals surface area contributed by atoms with Gasteiger partial charge >= 0.3 is 17.9 Å². The highest BCUT2D eigenvalue weighted by atomic mass is 16.6. The molecule has 0 bridgehead atoms. The Balaban J connectivity index is 4.53. The molecule has 0 aromatic heterocycles. The predicted molar refractivity (Wildman–Crippen MR) is 251 cm³/mol. The number of unbranched alkanes of at least 4 members (excludes halogenated alkanes) is 5. The van der Waals surface area contributed by atoms with Gasteiger partial charge in [-0.2, -0.15) is 0 Å². The van der Waals surface area contributed by atoms with Gasteiger partial charge in [-0.15, -0.1) is 0 Å². The van der Waals surface area contributed by atoms with Gasteiger partial charge in [0.25, 0.3) is 0 Å². The predicted octanol–water partition coefficient (Wildman–Crippen LogP) is 12.4. The Hall–Kier alpha value is -4.53. The van der Waals surface area contributed by atoms with Crippen molar-refractivity contribution in [3.05, 3.63) is 134 Å². The van der Waals surface area contributed by atoms with Crippen molar-refractivity contribution < 1.29 is 38.2 Å². The van der Waals surface area contributed by atoms with Crippen LogP contribution in [0.5, 0.6) is 0 Å². The molecule has 0 aliphatic rings. The highest BCUT2D eigenvalue weighted by Gasteiger charge is 2.31. The molecule has 2 atom stereocenters. The molecule has 2 unspecified atom stereocenters. The third-order valence-electron chi connectivity index (χ3n) is 8.92. The lowest BCUT2D eigenvalue weighted by Crippen LogP contribution is -2.50. The van der Waals surface area contributed by atoms with E-state index in [9.17, 15) is 19.5 Å². The van der Waals surface area contributed by atoms with Gasteiger partial charge in [-0.25, -0.2) is 4.79 Å². The fourth-order valence-corrected chi connectivity index (χ4v) is 5.52. The highest BCUT2D eigenvalue weighted by Crippen LogP contribution is 2.11. The standard InChI is InChI=1S/C52H79NO7/c1-6-8-10-12-14-16-18-20-22-23-24-25-26-27-29-31-33-35-37-39-41-43-51(55)60-48(46-58-45-44-49(52(56)57)53(3,4)5)47-59-50(54)42-40-38-36-34-32-30-28-21-19-17-15-13-11-9-7-2/h8-11,13-17,19-22,24-25,27-30,32-33,35,48-49H,6-7,12,18,23,26,31,34,36-47H2,1-5H3/p+1/b10-8+,11-9+,15-13+,16-14+,19-17+,22-20+,25-24+,28-21+,29-27+,32-30+,35-33+. The second-order valence-electron chi connectivity index (χ2n) is 15.3. The van der Waals surface area contributed by atoms with Crippen LogP contribution in [0.1, 0.15) is 123 Å². The second-order valence-corrected chi connectivity index (χ2v) is 15.3. The number of carboxylic acids is 1. The minimum Gasteiger partial charge on any atom is -0.477 e. The van der Waals surface area contributed by atoms with E-state index in [0.717, 1.165) is 77.0 Å². The first-order valence-corrected chi connectivity index (χ1v) is 22.3. The van der Waals surface area contributed by atoms with Crippen LogP contribution in [0.3, 0.4) is 0 Å². The van der Waals surface area contributed by atoms with Crippen molar-refractivity contribution >= 4 is 17.9 Å². The largest absolute Gasteiger partial charge is 0.477 e. The molecule has 0 radical (unpaired) electrons. The molecule has 0 fully saturated rings. The SMILES string of the molecule is CC/C=C/C=C/C=C/C=C/C=C/CCCCCC(=O)OCC(COCCC(C(=O)O)[N+](C)(C)C)OC(=O)CCCC/C=C/C/C=C/C/C=C/C/C=C/C/C=C/C/C=C/CC. The van der Waals surface area contributed by atoms with Crippen molar-refractivity contribution in [2.45, 2.75) is 135 Å². The topological polar surface area (TPSA) is 99.1 Å². The Morgan fingerprint density at radius 2 is 0.967 bits per heavy atom. The number of carbonyl (C=O) groups is 3. The molecule has 0 saturated carbocycles. The normalized spacial score (nSPS) is 14.2. The van der Waals surface area contributed by atoms with Gasteiger partial charge in [-0.1, -0.05) is 154 Å². The molecule has 0 aliphatic heterocycles. The van der Waals surface area contributed by atoms with Gasteiger partial charge in [-0.05, 0) is 83.5 Å². The minimum absolute atomic E-state index is 0.0185. The summed E-state index contributed by atoms with van der Waals surface area (Å²) in [7, 11) is 5.48. The summed E-state index contributed by atoms with van der Waals surface area (Å²) < 4.78 is 17.2. The Labute approximate surface area is 364 Å². The number of carbonyl (C=O) groups excluding carboxylic acids is 2. The molecule has 0 aliphatic carbocycles. The number of carboxylic acid groups (broad SMARTS) is 1. The second kappa shape index (κ2) is 41.2. The molecule has 0 spiro atoms. The lowest BCUT2D eigenvalue weighted by atomic mass is 10.1. The molecule has 1 N–H and O–H groups in total. The first-order valence-electron chi connectivity index (χ1n) is 22.3. The van der Waals surface area contributed by atoms with Gasteiger partial charge in [0.05, 0.1) is 34.4 Å². The van der Waals surface area contributed by atoms with Gasteiger partial charge in [0.15, 0.2) is 12.1 Å². The third-order valence-corrected chi connectivity index (χ3v) is 8.92. The molecule has 334 valence electrons. The van der Waals surface area contributed by atoms with Crippen molar-refractivity contribution in [1.82, 2.24) is 0 Å². The molecule has 0 heterocycles. The summed E-state index contributed by atoms with van der Waals surface area (Å²) in [6, 6.07) is -0.639. The quantitative estimate of drug-likeness (QED) is 0.0219. The van der Waals surface area contributed by atoms with Crippen molar-refractivity contribution in [1.29, 1.82) is 0 Å². The molecule has 0 aromatic carbocycles. The Bertz CT molecular complexity index is 1430. The van der Waals surface area contributed by atoms with E-state index < -0.39 is 18.1 Å². The zero-order valence-corrected chi connectivity index (χ0v) is 37.8. The van der Waals surface area contributed by atoms with Crippen LogP contribution in [0, 0.1) is 0 Å². The van der Waals surface area contributed by atoms with Crippen LogP contribution in [-0.2, 0) is 28.6 Å². The average Bonchev–Trinajstić information content (AvgIpc) is 3.21. The number of rotatable bonds is 37. The highest BCUT2D eigenvalue weighted by molar-refractivity contribution is 5.72. The monoisotopic (exact) mass is 831 g/mol. The van der Waals surface area contributed by atoms with Crippen LogP contribution in [-0.4, -0.2) is 80.6 Å². The van der Waals surface area contributed by atoms with Crippen molar-refractivity contribution in [2.24, 2.45) is 0 Å². The van der Waals surface area contributed by atoms with E-state index in [-0.39, 0.29) is 49.1 Å². The zero-order chi connectivity index (χ0) is 44.2. The summed E-state index contributed by atoms with van der Waals surface area (Å²) in [4.78, 5) is 37.0. The number of aliphatic carboxylic acids is 1. The number of nitrogens with zero attached hydrogens (tertiary/aromatic N) is 1. The lowest BCUT2D eigenvalue weighted by Gasteiger charge is -2.31. The maximum atomic E-state index is 12.7. The van der Waals surface area contributed by atoms with Gasteiger partial charge in [-0.3, -0.25) is 9.59 Å². The Kier molecular flexibility index (Phi) is 38.1. The fraction of sp³-hybridized carbons (Fsp3) is 0.519. The van der Waals surface area contributed by atoms with Crippen molar-refractivity contribution in [3.63, 3.8) is 0 Å². The lowest BCUT2D eigenvalue weighted by molar-refractivity contribution is -0.887. The van der Waals surface area contributed by atoms with Crippen molar-refractivity contribution in [2.75, 3.05) is 41.0 Å². The number of likely N-dealkylation sites (N-methyl/N-ethyl adjacent to an activating group) is 1. The molecule has 0 rings (SSSR count). The van der Waals surface area contributed by atoms with Crippen LogP contribution in [0.4, 0.5) is 0 Å². The van der Waals surface area contributed by atoms with Gasteiger partial charge in [0, 0.05) is 19.3 Å². The maximum absolute atomic E-state index is 12.7. The average molecular weight is 831 g/mol. The van der Waals surface area contributed by atoms with Crippen LogP contribution < -0.4 is 0 Å². The smallest absolute Gasteiger partial charge is 0.362 e. The molecule has 60 heavy (non-hydrogen) atoms. The maximum Gasteiger partial charge on any atom is 0.362 e. The number of hydrogen-bond acceptors (Lipinski definition) is 6. The van der Waals surface area contributed by atoms with Gasteiger partial charge in [0.2, 0.25) is 0 Å². The van der Waals surface area contributed by atoms with E-state index in [1.165, 1.54) is 0 Å². The van der Waals surface area contributed by atoms with Crippen LogP contribution in [0.2, 0.25) is 0 Å². The van der Waals surface area contributed by atoms with E-state index >= 15 is 0 Å². The molecule has 8 heteroatoms. The van der Waals surface area contributed by atoms with E-state index in [2.05, 4.69) is 98.9 Å². The summed E-state index contributed by atoms with van der Waals surface area (Å²) in [6.45, 7) is 4.35. The van der Waals surface area contributed by atoms with E-state index in [1.807, 2.05) is 69.8 Å². The number of esters is 2. The Morgan fingerprint density at radius 1 is 0.517 bits per heavy atom. The van der Waals surface area contributed by atoms with Gasteiger partial charge in [0.1, 0.15) is 6.61 Å². The van der Waals surface area contributed by atoms with Crippen LogP contribution in [0.15, 0.2) is 134 Å². The van der Waals surface area contributed by atoms with E-state index in [1.54, 1.807) is 0 Å². The number of ether oxygens (including phenoxy) is 3. The summed E-state index contributed by atoms with van der Waals surface area (Å²) in [5.74, 6) is -1.60. The Morgan fingerprint density at radius 3 is 1.50 bits per heavy atom.